The molecule has 2 N–H and O–H groups in total. The predicted molar refractivity (Wildman–Crippen MR) is 118 cm³/mol. The number of benzene rings is 3. The van der Waals surface area contributed by atoms with E-state index in [-0.39, 0.29) is 0 Å². The van der Waals surface area contributed by atoms with Gasteiger partial charge in [0.25, 0.3) is 0 Å². The molecule has 0 aliphatic carbocycles. The Labute approximate surface area is 171 Å². The zero-order valence-corrected chi connectivity index (χ0v) is 16.2. The van der Waals surface area contributed by atoms with Crippen LogP contribution in [0, 0.1) is 0 Å². The lowest BCUT2D eigenvalue weighted by Crippen LogP contribution is -2.08. The van der Waals surface area contributed by atoms with Gasteiger partial charge in [-0.3, -0.25) is 10.5 Å². The molecule has 2 heterocycles. The van der Waals surface area contributed by atoms with Gasteiger partial charge in [0.2, 0.25) is 0 Å². The van der Waals surface area contributed by atoms with Crippen LogP contribution in [0.4, 0.5) is 5.69 Å². The first-order valence-corrected chi connectivity index (χ1v) is 10.0. The molecule has 0 aliphatic heterocycles. The summed E-state index contributed by atoms with van der Waals surface area (Å²) in [5.41, 5.74) is 8.59. The van der Waals surface area contributed by atoms with Crippen molar-refractivity contribution in [1.82, 2.24) is 15.2 Å². The van der Waals surface area contributed by atoms with Crippen LogP contribution in [0.5, 0.6) is 0 Å². The van der Waals surface area contributed by atoms with Crippen molar-refractivity contribution in [2.75, 3.05) is 5.43 Å². The Morgan fingerprint density at radius 1 is 0.759 bits per heavy atom. The summed E-state index contributed by atoms with van der Waals surface area (Å²) in [5, 5.41) is 12.3. The predicted octanol–water partition coefficient (Wildman–Crippen LogP) is 5.28. The fourth-order valence-corrected chi connectivity index (χ4v) is 4.07. The number of aromatic nitrogens is 3. The molecule has 6 heteroatoms. The highest BCUT2D eigenvalue weighted by atomic mass is 32.1. The quantitative estimate of drug-likeness (QED) is 0.407. The molecule has 29 heavy (non-hydrogen) atoms. The van der Waals surface area contributed by atoms with E-state index < -0.39 is 0 Å². The van der Waals surface area contributed by atoms with E-state index in [0.717, 1.165) is 37.6 Å². The molecule has 0 spiro atoms. The molecular weight excluding hydrogens is 378 g/mol. The second-order valence-corrected chi connectivity index (χ2v) is 7.44. The lowest BCUT2D eigenvalue weighted by Gasteiger charge is -2.04. The summed E-state index contributed by atoms with van der Waals surface area (Å²) in [6, 6.07) is 30.1. The van der Waals surface area contributed by atoms with Crippen LogP contribution < -0.4 is 10.1 Å². The summed E-state index contributed by atoms with van der Waals surface area (Å²) >= 11 is 1.57. The summed E-state index contributed by atoms with van der Waals surface area (Å²) in [7, 11) is 0. The first-order chi connectivity index (χ1) is 14.4. The van der Waals surface area contributed by atoms with E-state index in [1.807, 2.05) is 78.9 Å². The van der Waals surface area contributed by atoms with E-state index in [1.54, 1.807) is 11.3 Å². The Bertz CT molecular complexity index is 1310. The molecule has 0 fully saturated rings. The van der Waals surface area contributed by atoms with Crippen LogP contribution in [-0.2, 0) is 0 Å². The Balaban J connectivity index is 1.71. The largest absolute Gasteiger partial charge is 0.277 e. The van der Waals surface area contributed by atoms with Gasteiger partial charge in [0.05, 0.1) is 11.4 Å². The number of H-pyrrole nitrogens is 1. The first kappa shape index (κ1) is 17.3. The van der Waals surface area contributed by atoms with Crippen LogP contribution in [0.25, 0.3) is 32.9 Å². The average molecular weight is 395 g/mol. The van der Waals surface area contributed by atoms with E-state index in [0.29, 0.717) is 5.65 Å². The van der Waals surface area contributed by atoms with Gasteiger partial charge >= 0.3 is 0 Å². The maximum Gasteiger partial charge on any atom is 0.192 e. The third kappa shape index (κ3) is 3.53. The fourth-order valence-electron chi connectivity index (χ4n) is 3.08. The van der Waals surface area contributed by atoms with Crippen LogP contribution in [0.15, 0.2) is 96.1 Å². The molecule has 0 aliphatic rings. The van der Waals surface area contributed by atoms with Crippen LogP contribution in [0.2, 0.25) is 0 Å². The molecule has 5 nitrogen and oxygen atoms in total. The number of nitrogens with zero attached hydrogens (tertiary/aromatic N) is 3. The summed E-state index contributed by atoms with van der Waals surface area (Å²) in [6.45, 7) is 0. The number of hydrogen-bond donors (Lipinski definition) is 2. The first-order valence-electron chi connectivity index (χ1n) is 9.23. The maximum atomic E-state index is 4.84. The van der Waals surface area contributed by atoms with E-state index in [4.69, 9.17) is 4.98 Å². The van der Waals surface area contributed by atoms with Gasteiger partial charge in [0.15, 0.2) is 10.3 Å². The second kappa shape index (κ2) is 7.69. The van der Waals surface area contributed by atoms with Crippen LogP contribution >= 0.6 is 11.3 Å². The van der Waals surface area contributed by atoms with Crippen LogP contribution in [0.3, 0.4) is 0 Å². The zero-order valence-electron chi connectivity index (χ0n) is 15.4. The lowest BCUT2D eigenvalue weighted by molar-refractivity contribution is 1.10. The Kier molecular flexibility index (Phi) is 4.60. The molecule has 0 saturated carbocycles. The highest BCUT2D eigenvalue weighted by Gasteiger charge is 2.14. The third-order valence-corrected chi connectivity index (χ3v) is 5.56. The van der Waals surface area contributed by atoms with Crippen molar-refractivity contribution in [2.45, 2.75) is 0 Å². The molecule has 0 bridgehead atoms. The standard InChI is InChI=1S/C23H17N5S/c1-4-10-16(11-5-1)19-21-22(27-26-19)24-20(17-12-6-2-7-13-17)23(29-21)28-25-18-14-8-3-9-15-18/h1-15,25H,(H,26,27)/b28-23-. The van der Waals surface area contributed by atoms with Crippen molar-refractivity contribution in [3.63, 3.8) is 0 Å². The molecule has 140 valence electrons. The topological polar surface area (TPSA) is 66.0 Å². The molecule has 0 saturated heterocycles. The normalized spacial score (nSPS) is 11.7. The van der Waals surface area contributed by atoms with Crippen molar-refractivity contribution < 1.29 is 0 Å². The van der Waals surface area contributed by atoms with Gasteiger partial charge in [0, 0.05) is 11.1 Å². The van der Waals surface area contributed by atoms with Gasteiger partial charge in [-0.05, 0) is 12.1 Å². The van der Waals surface area contributed by atoms with Crippen molar-refractivity contribution in [2.24, 2.45) is 5.10 Å². The number of aromatic amines is 1. The van der Waals surface area contributed by atoms with Crippen molar-refractivity contribution in [3.8, 4) is 22.5 Å². The highest BCUT2D eigenvalue weighted by Crippen LogP contribution is 2.28. The smallest absolute Gasteiger partial charge is 0.192 e. The molecular formula is C23H17N5S. The number of hydrogen-bond acceptors (Lipinski definition) is 5. The number of fused-ring (bicyclic) bond motifs is 1. The Hall–Kier alpha value is -3.77. The van der Waals surface area contributed by atoms with Gasteiger partial charge < -0.3 is 0 Å². The van der Waals surface area contributed by atoms with Gasteiger partial charge in [0.1, 0.15) is 10.4 Å². The van der Waals surface area contributed by atoms with E-state index >= 15 is 0 Å². The Morgan fingerprint density at radius 3 is 2.07 bits per heavy atom. The summed E-state index contributed by atoms with van der Waals surface area (Å²) in [6.07, 6.45) is 0. The molecule has 5 aromatic rings. The van der Waals surface area contributed by atoms with Gasteiger partial charge in [-0.25, -0.2) is 4.98 Å². The molecule has 0 radical (unpaired) electrons. The molecule has 5 rings (SSSR count). The second-order valence-electron chi connectivity index (χ2n) is 6.44. The summed E-state index contributed by atoms with van der Waals surface area (Å²) in [4.78, 5) is 4.84. The molecule has 3 aromatic carbocycles. The van der Waals surface area contributed by atoms with Gasteiger partial charge in [-0.15, -0.1) is 11.3 Å². The highest BCUT2D eigenvalue weighted by molar-refractivity contribution is 7.16. The number of anilines is 1. The Morgan fingerprint density at radius 2 is 1.38 bits per heavy atom. The van der Waals surface area contributed by atoms with Gasteiger partial charge in [-0.1, -0.05) is 78.9 Å². The maximum absolute atomic E-state index is 4.84. The minimum atomic E-state index is 0.686. The van der Waals surface area contributed by atoms with Crippen molar-refractivity contribution in [3.05, 3.63) is 95.7 Å². The van der Waals surface area contributed by atoms with Crippen LogP contribution in [0.1, 0.15) is 0 Å². The zero-order chi connectivity index (χ0) is 19.5. The number of nitrogens with one attached hydrogen (secondary N) is 2. The van der Waals surface area contributed by atoms with Crippen molar-refractivity contribution >= 4 is 27.4 Å². The number of para-hydroxylation sites is 1. The molecule has 2 aromatic heterocycles. The molecule has 0 unspecified atom stereocenters. The third-order valence-electron chi connectivity index (χ3n) is 4.49. The summed E-state index contributed by atoms with van der Waals surface area (Å²) < 4.78 is 1.77. The van der Waals surface area contributed by atoms with Crippen molar-refractivity contribution in [1.29, 1.82) is 0 Å². The average Bonchev–Trinajstić information content (AvgIpc) is 3.22. The fraction of sp³-hybridized carbons (Fsp3) is 0. The van der Waals surface area contributed by atoms with E-state index in [1.165, 1.54) is 0 Å². The van der Waals surface area contributed by atoms with Gasteiger partial charge in [-0.2, -0.15) is 10.2 Å². The lowest BCUT2D eigenvalue weighted by atomic mass is 10.1. The molecule has 0 amide bonds. The number of rotatable bonds is 4. The minimum Gasteiger partial charge on any atom is -0.277 e. The molecule has 0 atom stereocenters. The monoisotopic (exact) mass is 395 g/mol. The van der Waals surface area contributed by atoms with E-state index in [9.17, 15) is 0 Å². The van der Waals surface area contributed by atoms with Crippen LogP contribution in [-0.4, -0.2) is 15.2 Å². The minimum absolute atomic E-state index is 0.686. The summed E-state index contributed by atoms with van der Waals surface area (Å²) in [5.74, 6) is 0. The SMILES string of the molecule is c1ccc(N/N=c2\sc3c(-c4ccccc4)[nH]nc3nc2-c2ccccc2)cc1. The van der Waals surface area contributed by atoms with E-state index in [2.05, 4.69) is 32.9 Å².